The fourth-order valence-electron chi connectivity index (χ4n) is 3.07. The summed E-state index contributed by atoms with van der Waals surface area (Å²) in [5.74, 6) is 1.37. The van der Waals surface area contributed by atoms with Crippen molar-refractivity contribution in [3.8, 4) is 16.9 Å². The maximum Gasteiger partial charge on any atom is 0.287 e. The van der Waals surface area contributed by atoms with Gasteiger partial charge in [-0.3, -0.25) is 4.79 Å². The first-order valence-electron chi connectivity index (χ1n) is 8.41. The third-order valence-corrected chi connectivity index (χ3v) is 4.58. The van der Waals surface area contributed by atoms with Crippen molar-refractivity contribution in [1.29, 1.82) is 0 Å². The lowest BCUT2D eigenvalue weighted by Gasteiger charge is -2.26. The molecule has 1 saturated heterocycles. The Labute approximate surface area is 146 Å². The first-order chi connectivity index (χ1) is 12.3. The number of furan rings is 1. The summed E-state index contributed by atoms with van der Waals surface area (Å²) in [6.07, 6.45) is 0. The van der Waals surface area contributed by atoms with Crippen LogP contribution in [0.4, 0.5) is 0 Å². The van der Waals surface area contributed by atoms with Crippen LogP contribution in [0.1, 0.15) is 10.6 Å². The van der Waals surface area contributed by atoms with Gasteiger partial charge in [0.2, 0.25) is 5.76 Å². The van der Waals surface area contributed by atoms with Gasteiger partial charge in [0.15, 0.2) is 0 Å². The van der Waals surface area contributed by atoms with Gasteiger partial charge in [-0.15, -0.1) is 0 Å². The highest BCUT2D eigenvalue weighted by Gasteiger charge is 2.24. The molecular formula is C20H20N2O3. The average Bonchev–Trinajstić information content (AvgIpc) is 2.99. The third kappa shape index (κ3) is 2.98. The molecule has 2 heterocycles. The lowest BCUT2D eigenvalue weighted by atomic mass is 10.0. The monoisotopic (exact) mass is 336 g/mol. The highest BCUT2D eigenvalue weighted by molar-refractivity contribution is 6.08. The SMILES string of the molecule is COc1ccc2c(-c3ccccc3)c(C(=O)NCC3CNC3)oc2c1. The second-order valence-electron chi connectivity index (χ2n) is 6.27. The highest BCUT2D eigenvalue weighted by Crippen LogP contribution is 2.36. The van der Waals surface area contributed by atoms with Crippen LogP contribution < -0.4 is 15.4 Å². The van der Waals surface area contributed by atoms with Gasteiger partial charge < -0.3 is 19.8 Å². The first-order valence-corrected chi connectivity index (χ1v) is 8.41. The molecule has 1 aliphatic rings. The molecule has 0 radical (unpaired) electrons. The Kier molecular flexibility index (Phi) is 4.15. The van der Waals surface area contributed by atoms with E-state index in [4.69, 9.17) is 9.15 Å². The molecular weight excluding hydrogens is 316 g/mol. The van der Waals surface area contributed by atoms with Gasteiger partial charge in [-0.25, -0.2) is 0 Å². The van der Waals surface area contributed by atoms with E-state index in [0.29, 0.717) is 29.6 Å². The molecule has 0 spiro atoms. The van der Waals surface area contributed by atoms with Crippen molar-refractivity contribution in [1.82, 2.24) is 10.6 Å². The van der Waals surface area contributed by atoms with Crippen molar-refractivity contribution in [2.75, 3.05) is 26.7 Å². The summed E-state index contributed by atoms with van der Waals surface area (Å²) >= 11 is 0. The van der Waals surface area contributed by atoms with E-state index in [-0.39, 0.29) is 5.91 Å². The van der Waals surface area contributed by atoms with E-state index in [1.54, 1.807) is 7.11 Å². The van der Waals surface area contributed by atoms with Gasteiger partial charge in [0.05, 0.1) is 7.11 Å². The van der Waals surface area contributed by atoms with Crippen LogP contribution in [0.2, 0.25) is 0 Å². The maximum absolute atomic E-state index is 12.8. The summed E-state index contributed by atoms with van der Waals surface area (Å²) in [6.45, 7) is 2.55. The molecule has 0 bridgehead atoms. The first kappa shape index (κ1) is 15.7. The Hall–Kier alpha value is -2.79. The highest BCUT2D eigenvalue weighted by atomic mass is 16.5. The summed E-state index contributed by atoms with van der Waals surface area (Å²) < 4.78 is 11.2. The number of ether oxygens (including phenoxy) is 1. The standard InChI is InChI=1S/C20H20N2O3/c1-24-15-7-8-16-17(9-15)25-19(18(16)14-5-3-2-4-6-14)20(23)22-12-13-10-21-11-13/h2-9,13,21H,10-12H2,1H3,(H,22,23). The predicted molar refractivity (Wildman–Crippen MR) is 96.9 cm³/mol. The number of carbonyl (C=O) groups is 1. The zero-order chi connectivity index (χ0) is 17.2. The van der Waals surface area contributed by atoms with E-state index < -0.39 is 0 Å². The number of benzene rings is 2. The smallest absolute Gasteiger partial charge is 0.287 e. The molecule has 1 aromatic heterocycles. The zero-order valence-corrected chi connectivity index (χ0v) is 14.0. The minimum Gasteiger partial charge on any atom is -0.497 e. The fourth-order valence-corrected chi connectivity index (χ4v) is 3.07. The second-order valence-corrected chi connectivity index (χ2v) is 6.27. The fraction of sp³-hybridized carbons (Fsp3) is 0.250. The summed E-state index contributed by atoms with van der Waals surface area (Å²) in [6, 6.07) is 15.5. The predicted octanol–water partition coefficient (Wildman–Crippen LogP) is 3.06. The van der Waals surface area contributed by atoms with Crippen LogP contribution in [0.3, 0.4) is 0 Å². The van der Waals surface area contributed by atoms with Crippen LogP contribution >= 0.6 is 0 Å². The largest absolute Gasteiger partial charge is 0.497 e. The number of fused-ring (bicyclic) bond motifs is 1. The molecule has 5 nitrogen and oxygen atoms in total. The van der Waals surface area contributed by atoms with E-state index in [1.165, 1.54) is 0 Å². The van der Waals surface area contributed by atoms with Gasteiger partial charge >= 0.3 is 0 Å². The Morgan fingerprint density at radius 3 is 2.72 bits per heavy atom. The lowest BCUT2D eigenvalue weighted by Crippen LogP contribution is -2.48. The van der Waals surface area contributed by atoms with Crippen molar-refractivity contribution in [3.05, 3.63) is 54.3 Å². The van der Waals surface area contributed by atoms with Gasteiger partial charge in [-0.2, -0.15) is 0 Å². The van der Waals surface area contributed by atoms with Crippen molar-refractivity contribution >= 4 is 16.9 Å². The number of rotatable bonds is 5. The van der Waals surface area contributed by atoms with Gasteiger partial charge in [0.1, 0.15) is 11.3 Å². The lowest BCUT2D eigenvalue weighted by molar-refractivity contribution is 0.0917. The van der Waals surface area contributed by atoms with Crippen molar-refractivity contribution in [3.63, 3.8) is 0 Å². The molecule has 2 aromatic carbocycles. The molecule has 4 rings (SSSR count). The number of nitrogens with one attached hydrogen (secondary N) is 2. The van der Waals surface area contributed by atoms with Gasteiger partial charge in [0.25, 0.3) is 5.91 Å². The second kappa shape index (κ2) is 6.61. The van der Waals surface area contributed by atoms with Crippen LogP contribution in [-0.2, 0) is 0 Å². The van der Waals surface area contributed by atoms with E-state index in [9.17, 15) is 4.79 Å². The van der Waals surface area contributed by atoms with Crippen molar-refractivity contribution in [2.24, 2.45) is 5.92 Å². The molecule has 1 fully saturated rings. The number of methoxy groups -OCH3 is 1. The average molecular weight is 336 g/mol. The van der Waals surface area contributed by atoms with E-state index in [1.807, 2.05) is 48.5 Å². The van der Waals surface area contributed by atoms with Crippen molar-refractivity contribution < 1.29 is 13.9 Å². The molecule has 128 valence electrons. The summed E-state index contributed by atoms with van der Waals surface area (Å²) in [7, 11) is 1.61. The maximum atomic E-state index is 12.8. The Morgan fingerprint density at radius 2 is 2.04 bits per heavy atom. The molecule has 1 amide bonds. The van der Waals surface area contributed by atoms with Gasteiger partial charge in [-0.05, 0) is 17.7 Å². The summed E-state index contributed by atoms with van der Waals surface area (Å²) in [5, 5.41) is 7.11. The zero-order valence-electron chi connectivity index (χ0n) is 14.0. The molecule has 25 heavy (non-hydrogen) atoms. The molecule has 0 aliphatic carbocycles. The van der Waals surface area contributed by atoms with Gasteiger partial charge in [0, 0.05) is 42.6 Å². The van der Waals surface area contributed by atoms with E-state index in [2.05, 4.69) is 10.6 Å². The molecule has 0 saturated carbocycles. The third-order valence-electron chi connectivity index (χ3n) is 4.58. The van der Waals surface area contributed by atoms with Crippen LogP contribution in [0.5, 0.6) is 5.75 Å². The number of hydrogen-bond acceptors (Lipinski definition) is 4. The van der Waals surface area contributed by atoms with Crippen LogP contribution in [0.25, 0.3) is 22.1 Å². The molecule has 0 atom stereocenters. The molecule has 2 N–H and O–H groups in total. The minimum absolute atomic E-state index is 0.180. The Bertz CT molecular complexity index is 898. The van der Waals surface area contributed by atoms with Crippen LogP contribution in [0, 0.1) is 5.92 Å². The minimum atomic E-state index is -0.180. The number of amides is 1. The quantitative estimate of drug-likeness (QED) is 0.752. The number of carbonyl (C=O) groups excluding carboxylic acids is 1. The Morgan fingerprint density at radius 1 is 1.24 bits per heavy atom. The summed E-state index contributed by atoms with van der Waals surface area (Å²) in [5.41, 5.74) is 2.43. The van der Waals surface area contributed by atoms with E-state index >= 15 is 0 Å². The number of hydrogen-bond donors (Lipinski definition) is 2. The normalized spacial score (nSPS) is 14.3. The topological polar surface area (TPSA) is 63.5 Å². The molecule has 3 aromatic rings. The molecule has 0 unspecified atom stereocenters. The Balaban J connectivity index is 1.76. The molecule has 5 heteroatoms. The van der Waals surface area contributed by atoms with E-state index in [0.717, 1.165) is 29.6 Å². The van der Waals surface area contributed by atoms with Gasteiger partial charge in [-0.1, -0.05) is 30.3 Å². The van der Waals surface area contributed by atoms with Crippen molar-refractivity contribution in [2.45, 2.75) is 0 Å². The van der Waals surface area contributed by atoms with Crippen LogP contribution in [0.15, 0.2) is 52.9 Å². The summed E-state index contributed by atoms with van der Waals surface area (Å²) in [4.78, 5) is 12.8. The van der Waals surface area contributed by atoms with Crippen LogP contribution in [-0.4, -0.2) is 32.7 Å². The molecule has 1 aliphatic heterocycles.